The third-order valence-corrected chi connectivity index (χ3v) is 1.80. The largest absolute Gasteiger partial charge is 0.343 e. The van der Waals surface area contributed by atoms with Crippen LogP contribution in [0.3, 0.4) is 0 Å². The Morgan fingerprint density at radius 2 is 2.00 bits per heavy atom. The van der Waals surface area contributed by atoms with Crippen LogP contribution in [0.2, 0.25) is 0 Å². The van der Waals surface area contributed by atoms with Crippen molar-refractivity contribution in [3.63, 3.8) is 0 Å². The molecule has 2 heteroatoms. The highest BCUT2D eigenvalue weighted by Crippen LogP contribution is 2.24. The second kappa shape index (κ2) is 2.68. The Balaban J connectivity index is 2.66. The number of aliphatic imine (C=N–C) groups is 1. The molecule has 0 saturated carbocycles. The molecule has 1 heterocycles. The lowest BCUT2D eigenvalue weighted by Crippen LogP contribution is -2.27. The molecule has 0 aromatic heterocycles. The molecule has 62 valence electrons. The first-order valence-corrected chi connectivity index (χ1v) is 3.94. The van der Waals surface area contributed by atoms with E-state index in [0.29, 0.717) is 6.04 Å². The van der Waals surface area contributed by atoms with Crippen LogP contribution < -0.4 is 0 Å². The summed E-state index contributed by atoms with van der Waals surface area (Å²) < 4.78 is 0. The van der Waals surface area contributed by atoms with Crippen LogP contribution in [0.5, 0.6) is 0 Å². The number of hydrogen-bond donors (Lipinski definition) is 0. The standard InChI is InChI=1S/C9H16N2/c1-9(2,3)8-5-6-11(4)7-10-8/h5-8H,1-4H3. The van der Waals surface area contributed by atoms with Crippen molar-refractivity contribution < 1.29 is 0 Å². The topological polar surface area (TPSA) is 15.6 Å². The zero-order chi connectivity index (χ0) is 8.48. The monoisotopic (exact) mass is 152 g/mol. The first-order chi connectivity index (χ1) is 5.00. The maximum Gasteiger partial charge on any atom is 0.0894 e. The Kier molecular flexibility index (Phi) is 2.03. The summed E-state index contributed by atoms with van der Waals surface area (Å²) in [7, 11) is 1.98. The van der Waals surface area contributed by atoms with Crippen LogP contribution in [0.1, 0.15) is 20.8 Å². The quantitative estimate of drug-likeness (QED) is 0.517. The highest BCUT2D eigenvalue weighted by Gasteiger charge is 2.22. The average Bonchev–Trinajstić information content (AvgIpc) is 1.86. The average molecular weight is 152 g/mol. The van der Waals surface area contributed by atoms with Crippen LogP contribution in [0.25, 0.3) is 0 Å². The molecule has 0 bridgehead atoms. The van der Waals surface area contributed by atoms with Crippen molar-refractivity contribution in [1.29, 1.82) is 0 Å². The number of rotatable bonds is 0. The highest BCUT2D eigenvalue weighted by molar-refractivity contribution is 5.58. The van der Waals surface area contributed by atoms with Crippen LogP contribution in [0.4, 0.5) is 0 Å². The van der Waals surface area contributed by atoms with Gasteiger partial charge in [-0.25, -0.2) is 0 Å². The molecule has 0 spiro atoms. The third kappa shape index (κ3) is 2.07. The number of hydrogen-bond acceptors (Lipinski definition) is 2. The summed E-state index contributed by atoms with van der Waals surface area (Å²) in [4.78, 5) is 6.36. The molecule has 0 aromatic rings. The molecule has 1 aliphatic rings. The third-order valence-electron chi connectivity index (χ3n) is 1.80. The summed E-state index contributed by atoms with van der Waals surface area (Å²) >= 11 is 0. The molecular formula is C9H16N2. The van der Waals surface area contributed by atoms with Gasteiger partial charge in [0, 0.05) is 13.2 Å². The van der Waals surface area contributed by atoms with Crippen molar-refractivity contribution in [3.8, 4) is 0 Å². The van der Waals surface area contributed by atoms with Crippen molar-refractivity contribution in [1.82, 2.24) is 4.90 Å². The summed E-state index contributed by atoms with van der Waals surface area (Å²) in [5, 5.41) is 0. The summed E-state index contributed by atoms with van der Waals surface area (Å²) in [5.41, 5.74) is 0.244. The molecule has 0 radical (unpaired) electrons. The molecular weight excluding hydrogens is 136 g/mol. The molecule has 1 unspecified atom stereocenters. The fourth-order valence-electron chi connectivity index (χ4n) is 0.995. The Bertz CT molecular complexity index is 172. The number of nitrogens with zero attached hydrogens (tertiary/aromatic N) is 2. The first kappa shape index (κ1) is 8.31. The second-order valence-electron chi connectivity index (χ2n) is 4.08. The molecule has 0 saturated heterocycles. The minimum atomic E-state index is 0.244. The predicted octanol–water partition coefficient (Wildman–Crippen LogP) is 1.89. The molecule has 1 rings (SSSR count). The van der Waals surface area contributed by atoms with E-state index in [4.69, 9.17) is 0 Å². The minimum absolute atomic E-state index is 0.244. The van der Waals surface area contributed by atoms with E-state index in [0.717, 1.165) is 0 Å². The summed E-state index contributed by atoms with van der Waals surface area (Å²) in [5.74, 6) is 0. The lowest BCUT2D eigenvalue weighted by Gasteiger charge is -2.27. The SMILES string of the molecule is CN1C=CC(C(C)(C)C)N=C1. The summed E-state index contributed by atoms with van der Waals surface area (Å²) in [6.07, 6.45) is 6.07. The smallest absolute Gasteiger partial charge is 0.0894 e. The van der Waals surface area contributed by atoms with E-state index in [2.05, 4.69) is 38.0 Å². The molecule has 0 fully saturated rings. The van der Waals surface area contributed by atoms with Crippen LogP contribution in [-0.2, 0) is 0 Å². The van der Waals surface area contributed by atoms with Gasteiger partial charge in [0.05, 0.1) is 12.4 Å². The molecule has 2 nitrogen and oxygen atoms in total. The summed E-state index contributed by atoms with van der Waals surface area (Å²) in [6.45, 7) is 6.60. The Morgan fingerprint density at radius 1 is 1.36 bits per heavy atom. The van der Waals surface area contributed by atoms with Gasteiger partial charge in [0.15, 0.2) is 0 Å². The lowest BCUT2D eigenvalue weighted by molar-refractivity contribution is 0.360. The van der Waals surface area contributed by atoms with E-state index in [1.807, 2.05) is 18.3 Å². The zero-order valence-electron chi connectivity index (χ0n) is 7.70. The maximum absolute atomic E-state index is 4.40. The van der Waals surface area contributed by atoms with Crippen molar-refractivity contribution in [3.05, 3.63) is 12.3 Å². The van der Waals surface area contributed by atoms with Gasteiger partial charge in [0.1, 0.15) is 0 Å². The fraction of sp³-hybridized carbons (Fsp3) is 0.667. The van der Waals surface area contributed by atoms with Gasteiger partial charge in [0.2, 0.25) is 0 Å². The molecule has 0 aliphatic carbocycles. The van der Waals surface area contributed by atoms with Crippen molar-refractivity contribution in [2.45, 2.75) is 26.8 Å². The lowest BCUT2D eigenvalue weighted by atomic mass is 9.87. The van der Waals surface area contributed by atoms with Crippen LogP contribution >= 0.6 is 0 Å². The van der Waals surface area contributed by atoms with Crippen molar-refractivity contribution in [2.24, 2.45) is 10.4 Å². The van der Waals surface area contributed by atoms with E-state index in [9.17, 15) is 0 Å². The van der Waals surface area contributed by atoms with Gasteiger partial charge in [-0.2, -0.15) is 0 Å². The van der Waals surface area contributed by atoms with Crippen LogP contribution in [0, 0.1) is 5.41 Å². The van der Waals surface area contributed by atoms with Crippen molar-refractivity contribution in [2.75, 3.05) is 7.05 Å². The predicted molar refractivity (Wildman–Crippen MR) is 48.6 cm³/mol. The first-order valence-electron chi connectivity index (χ1n) is 3.94. The Labute approximate surface area is 68.6 Å². The Morgan fingerprint density at radius 3 is 2.36 bits per heavy atom. The molecule has 0 N–H and O–H groups in total. The van der Waals surface area contributed by atoms with E-state index >= 15 is 0 Å². The highest BCUT2D eigenvalue weighted by atomic mass is 15.1. The molecule has 0 aromatic carbocycles. The Hall–Kier alpha value is -0.790. The van der Waals surface area contributed by atoms with E-state index in [1.165, 1.54) is 0 Å². The normalized spacial score (nSPS) is 24.4. The van der Waals surface area contributed by atoms with Gasteiger partial charge in [-0.3, -0.25) is 4.99 Å². The zero-order valence-corrected chi connectivity index (χ0v) is 7.70. The molecule has 0 amide bonds. The molecule has 11 heavy (non-hydrogen) atoms. The van der Waals surface area contributed by atoms with Crippen LogP contribution in [-0.4, -0.2) is 24.3 Å². The molecule has 1 aliphatic heterocycles. The van der Waals surface area contributed by atoms with E-state index < -0.39 is 0 Å². The maximum atomic E-state index is 4.40. The van der Waals surface area contributed by atoms with Gasteiger partial charge in [-0.1, -0.05) is 20.8 Å². The fourth-order valence-corrected chi connectivity index (χ4v) is 0.995. The summed E-state index contributed by atoms with van der Waals surface area (Å²) in [6, 6.07) is 0.332. The second-order valence-corrected chi connectivity index (χ2v) is 4.08. The van der Waals surface area contributed by atoms with Crippen LogP contribution in [0.15, 0.2) is 17.3 Å². The van der Waals surface area contributed by atoms with E-state index in [1.54, 1.807) is 0 Å². The van der Waals surface area contributed by atoms with E-state index in [-0.39, 0.29) is 5.41 Å². The van der Waals surface area contributed by atoms with Gasteiger partial charge >= 0.3 is 0 Å². The van der Waals surface area contributed by atoms with Crippen molar-refractivity contribution >= 4 is 6.34 Å². The minimum Gasteiger partial charge on any atom is -0.343 e. The van der Waals surface area contributed by atoms with Gasteiger partial charge in [0.25, 0.3) is 0 Å². The molecule has 1 atom stereocenters. The van der Waals surface area contributed by atoms with Gasteiger partial charge in [-0.05, 0) is 11.5 Å². The van der Waals surface area contributed by atoms with Gasteiger partial charge in [-0.15, -0.1) is 0 Å². The van der Waals surface area contributed by atoms with Gasteiger partial charge < -0.3 is 4.90 Å².